The lowest BCUT2D eigenvalue weighted by molar-refractivity contribution is -0.118. The van der Waals surface area contributed by atoms with Crippen molar-refractivity contribution in [2.75, 3.05) is 0 Å². The summed E-state index contributed by atoms with van der Waals surface area (Å²) in [5, 5.41) is 2.92. The monoisotopic (exact) mass is 412 g/mol. The van der Waals surface area contributed by atoms with Crippen molar-refractivity contribution in [2.45, 2.75) is 110 Å². The first-order valence-electron chi connectivity index (χ1n) is 11.2. The number of carbonyl (C=O) groups is 1. The maximum Gasteiger partial charge on any atom is 0.217 e. The van der Waals surface area contributed by atoms with Gasteiger partial charge < -0.3 is 11.1 Å². The Morgan fingerprint density at radius 1 is 0.821 bits per heavy atom. The van der Waals surface area contributed by atoms with E-state index in [1.807, 2.05) is 24.4 Å². The van der Waals surface area contributed by atoms with Crippen LogP contribution in [-0.4, -0.2) is 5.91 Å². The van der Waals surface area contributed by atoms with Gasteiger partial charge in [-0.15, -0.1) is 12.4 Å². The highest BCUT2D eigenvalue weighted by Crippen LogP contribution is 2.13. The van der Waals surface area contributed by atoms with E-state index in [9.17, 15) is 4.79 Å². The van der Waals surface area contributed by atoms with E-state index in [2.05, 4.69) is 18.8 Å². The average molecular weight is 413 g/mol. The highest BCUT2D eigenvalue weighted by molar-refractivity contribution is 5.85. The van der Waals surface area contributed by atoms with Gasteiger partial charge in [0.25, 0.3) is 0 Å². The highest BCUT2D eigenvalue weighted by Gasteiger charge is 1.96. The molecule has 0 aliphatic carbocycles. The number of nitrogens with one attached hydrogen (secondary N) is 1. The Kier molecular flexibility index (Phi) is 24.7. The quantitative estimate of drug-likeness (QED) is 0.261. The predicted octanol–water partition coefficient (Wildman–Crippen LogP) is 7.33. The van der Waals surface area contributed by atoms with Crippen LogP contribution in [0.3, 0.4) is 0 Å². The van der Waals surface area contributed by atoms with E-state index in [0.717, 1.165) is 12.1 Å². The van der Waals surface area contributed by atoms with Crippen LogP contribution >= 0.6 is 12.4 Å². The standard InChI is InChI=1S/C18H37NO.C6H7N.ClH/c1-2-3-4-5-6-7-8-9-10-11-12-13-14-15-16-17-18(19)20;1-6-4-2-3-5-7-6;/h2-17H2,1H3,(H2,19,20);2-5,7H,1H2;1H. The van der Waals surface area contributed by atoms with Gasteiger partial charge in [0.1, 0.15) is 0 Å². The Balaban J connectivity index is 0. The van der Waals surface area contributed by atoms with Crippen LogP contribution < -0.4 is 11.1 Å². The third-order valence-electron chi connectivity index (χ3n) is 4.80. The van der Waals surface area contributed by atoms with E-state index >= 15 is 0 Å². The van der Waals surface area contributed by atoms with E-state index in [0.29, 0.717) is 6.42 Å². The number of primary amides is 1. The van der Waals surface area contributed by atoms with Gasteiger partial charge in [0.2, 0.25) is 5.91 Å². The third-order valence-corrected chi connectivity index (χ3v) is 4.80. The van der Waals surface area contributed by atoms with Crippen LogP contribution in [0.4, 0.5) is 0 Å². The number of hydrogen-bond acceptors (Lipinski definition) is 2. The molecule has 1 aliphatic rings. The zero-order valence-corrected chi connectivity index (χ0v) is 19.0. The van der Waals surface area contributed by atoms with Gasteiger partial charge in [0, 0.05) is 18.3 Å². The van der Waals surface area contributed by atoms with Gasteiger partial charge in [-0.1, -0.05) is 109 Å². The maximum absolute atomic E-state index is 10.6. The summed E-state index contributed by atoms with van der Waals surface area (Å²) in [5.41, 5.74) is 6.05. The summed E-state index contributed by atoms with van der Waals surface area (Å²) < 4.78 is 0. The molecule has 1 amide bonds. The Bertz CT molecular complexity index is 419. The van der Waals surface area contributed by atoms with E-state index < -0.39 is 0 Å². The van der Waals surface area contributed by atoms with Crippen LogP contribution in [0.2, 0.25) is 0 Å². The van der Waals surface area contributed by atoms with Crippen LogP contribution in [0.5, 0.6) is 0 Å². The fourth-order valence-electron chi connectivity index (χ4n) is 3.10. The SMILES string of the molecule is C=C1C=CC=CN1.CCCCCCCCCCCCCCCCCC(N)=O.Cl. The average Bonchev–Trinajstić information content (AvgIpc) is 2.66. The fraction of sp³-hybridized carbons (Fsp3) is 0.708. The first-order chi connectivity index (χ1) is 13.2. The molecule has 0 saturated carbocycles. The molecule has 0 fully saturated rings. The molecule has 0 bridgehead atoms. The Hall–Kier alpha value is -1.22. The largest absolute Gasteiger partial charge is 0.370 e. The molecule has 0 radical (unpaired) electrons. The second-order valence-electron chi connectivity index (χ2n) is 7.55. The van der Waals surface area contributed by atoms with Gasteiger partial charge in [-0.2, -0.15) is 0 Å². The Labute approximate surface area is 180 Å². The Morgan fingerprint density at radius 2 is 1.25 bits per heavy atom. The molecule has 1 rings (SSSR count). The van der Waals surface area contributed by atoms with Crippen molar-refractivity contribution < 1.29 is 4.79 Å². The molecule has 164 valence electrons. The summed E-state index contributed by atoms with van der Waals surface area (Å²) in [4.78, 5) is 10.6. The molecule has 0 atom stereocenters. The molecule has 0 saturated heterocycles. The summed E-state index contributed by atoms with van der Waals surface area (Å²) in [6.45, 7) is 5.94. The van der Waals surface area contributed by atoms with Crippen LogP contribution in [-0.2, 0) is 4.79 Å². The number of rotatable bonds is 16. The molecule has 28 heavy (non-hydrogen) atoms. The lowest BCUT2D eigenvalue weighted by Crippen LogP contribution is -2.09. The minimum Gasteiger partial charge on any atom is -0.370 e. The van der Waals surface area contributed by atoms with Crippen molar-refractivity contribution in [3.05, 3.63) is 36.7 Å². The zero-order valence-electron chi connectivity index (χ0n) is 18.2. The fourth-order valence-corrected chi connectivity index (χ4v) is 3.10. The minimum atomic E-state index is -0.153. The first kappa shape index (κ1) is 29.0. The predicted molar refractivity (Wildman–Crippen MR) is 127 cm³/mol. The number of hydrogen-bond donors (Lipinski definition) is 2. The smallest absolute Gasteiger partial charge is 0.217 e. The molecule has 0 unspecified atom stereocenters. The van der Waals surface area contributed by atoms with Crippen molar-refractivity contribution in [3.8, 4) is 0 Å². The number of halogens is 1. The minimum absolute atomic E-state index is 0. The number of carbonyl (C=O) groups excluding carboxylic acids is 1. The summed E-state index contributed by atoms with van der Waals surface area (Å²) >= 11 is 0. The number of dihydropyridines is 1. The van der Waals surface area contributed by atoms with Gasteiger partial charge in [-0.3, -0.25) is 4.79 Å². The van der Waals surface area contributed by atoms with E-state index in [1.54, 1.807) is 0 Å². The lowest BCUT2D eigenvalue weighted by atomic mass is 10.0. The van der Waals surface area contributed by atoms with Crippen LogP contribution in [0.1, 0.15) is 110 Å². The lowest BCUT2D eigenvalue weighted by Gasteiger charge is -2.03. The molecule has 4 heteroatoms. The van der Waals surface area contributed by atoms with E-state index in [4.69, 9.17) is 5.73 Å². The van der Waals surface area contributed by atoms with E-state index in [-0.39, 0.29) is 18.3 Å². The molecule has 0 spiro atoms. The van der Waals surface area contributed by atoms with Crippen molar-refractivity contribution >= 4 is 18.3 Å². The van der Waals surface area contributed by atoms with Gasteiger partial charge in [-0.25, -0.2) is 0 Å². The van der Waals surface area contributed by atoms with Crippen molar-refractivity contribution in [1.29, 1.82) is 0 Å². The van der Waals surface area contributed by atoms with Gasteiger partial charge in [0.15, 0.2) is 0 Å². The van der Waals surface area contributed by atoms with Gasteiger partial charge in [0.05, 0.1) is 0 Å². The maximum atomic E-state index is 10.6. The molecular weight excluding hydrogens is 368 g/mol. The molecule has 1 aliphatic heterocycles. The first-order valence-corrected chi connectivity index (χ1v) is 11.2. The second-order valence-corrected chi connectivity index (χ2v) is 7.55. The zero-order chi connectivity index (χ0) is 20.0. The molecule has 0 aromatic rings. The van der Waals surface area contributed by atoms with Crippen LogP contribution in [0, 0.1) is 0 Å². The highest BCUT2D eigenvalue weighted by atomic mass is 35.5. The van der Waals surface area contributed by atoms with Gasteiger partial charge in [-0.05, 0) is 18.6 Å². The molecule has 0 aromatic heterocycles. The third kappa shape index (κ3) is 24.8. The summed E-state index contributed by atoms with van der Waals surface area (Å²) in [5.74, 6) is -0.153. The number of unbranched alkanes of at least 4 members (excludes halogenated alkanes) is 14. The number of allylic oxidation sites excluding steroid dienone is 3. The molecule has 1 heterocycles. The van der Waals surface area contributed by atoms with Crippen LogP contribution in [0.25, 0.3) is 0 Å². The van der Waals surface area contributed by atoms with Crippen LogP contribution in [0.15, 0.2) is 36.7 Å². The summed E-state index contributed by atoms with van der Waals surface area (Å²) in [7, 11) is 0. The molecule has 3 nitrogen and oxygen atoms in total. The molecule has 0 aromatic carbocycles. The topological polar surface area (TPSA) is 55.1 Å². The van der Waals surface area contributed by atoms with Gasteiger partial charge >= 0.3 is 0 Å². The van der Waals surface area contributed by atoms with Crippen molar-refractivity contribution in [2.24, 2.45) is 5.73 Å². The number of amides is 1. The summed E-state index contributed by atoms with van der Waals surface area (Å²) in [6.07, 6.45) is 28.5. The second kappa shape index (κ2) is 23.8. The Morgan fingerprint density at radius 3 is 1.54 bits per heavy atom. The summed E-state index contributed by atoms with van der Waals surface area (Å²) in [6, 6.07) is 0. The normalized spacial score (nSPS) is 12.0. The molecular formula is C24H45ClN2O. The number of nitrogens with two attached hydrogens (primary N) is 1. The van der Waals surface area contributed by atoms with Crippen molar-refractivity contribution in [3.63, 3.8) is 0 Å². The molecule has 3 N–H and O–H groups in total. The van der Waals surface area contributed by atoms with E-state index in [1.165, 1.54) is 89.9 Å². The van der Waals surface area contributed by atoms with Crippen molar-refractivity contribution in [1.82, 2.24) is 5.32 Å².